The molecule has 0 unspecified atom stereocenters. The first kappa shape index (κ1) is 22.0. The van der Waals surface area contributed by atoms with E-state index in [-0.39, 0.29) is 12.2 Å². The Hall–Kier alpha value is -4.20. The van der Waals surface area contributed by atoms with E-state index in [1.807, 2.05) is 32.0 Å². The third-order valence-corrected chi connectivity index (χ3v) is 5.13. The van der Waals surface area contributed by atoms with Crippen LogP contribution in [0, 0.1) is 26.6 Å². The summed E-state index contributed by atoms with van der Waals surface area (Å²) in [6.45, 7) is 5.56. The number of ether oxygens (including phenoxy) is 1. The van der Waals surface area contributed by atoms with E-state index in [0.29, 0.717) is 34.0 Å². The smallest absolute Gasteiger partial charge is 0.323 e. The number of hydrogen-bond acceptors (Lipinski definition) is 4. The number of benzene rings is 2. The number of nitrogens with zero attached hydrogens (tertiary/aromatic N) is 2. The average Bonchev–Trinajstić information content (AvgIpc) is 2.76. The van der Waals surface area contributed by atoms with Crippen molar-refractivity contribution in [1.29, 1.82) is 0 Å². The Morgan fingerprint density at radius 2 is 1.67 bits per heavy atom. The molecular formula is C25H23FN4O3. The summed E-state index contributed by atoms with van der Waals surface area (Å²) in [6, 6.07) is 14.3. The Balaban J connectivity index is 1.46. The van der Waals surface area contributed by atoms with Crippen molar-refractivity contribution < 1.29 is 13.9 Å². The molecule has 0 radical (unpaired) electrons. The van der Waals surface area contributed by atoms with E-state index in [1.54, 1.807) is 37.4 Å². The van der Waals surface area contributed by atoms with Gasteiger partial charge in [0.05, 0.1) is 5.69 Å². The quantitative estimate of drug-likeness (QED) is 0.453. The molecule has 2 N–H and O–H groups in total. The van der Waals surface area contributed by atoms with Crippen molar-refractivity contribution in [2.45, 2.75) is 27.4 Å². The van der Waals surface area contributed by atoms with Gasteiger partial charge in [0.1, 0.15) is 23.8 Å². The number of amides is 2. The number of aryl methyl sites for hydroxylation is 3. The molecule has 0 aliphatic rings. The Morgan fingerprint density at radius 1 is 0.970 bits per heavy atom. The first-order valence-corrected chi connectivity index (χ1v) is 10.3. The molecule has 168 valence electrons. The maximum Gasteiger partial charge on any atom is 0.323 e. The van der Waals surface area contributed by atoms with Crippen molar-refractivity contribution >= 4 is 23.1 Å². The lowest BCUT2D eigenvalue weighted by atomic mass is 10.2. The van der Waals surface area contributed by atoms with Gasteiger partial charge in [0, 0.05) is 29.7 Å². The zero-order valence-corrected chi connectivity index (χ0v) is 18.5. The highest BCUT2D eigenvalue weighted by molar-refractivity contribution is 5.99. The van der Waals surface area contributed by atoms with Crippen molar-refractivity contribution in [3.8, 4) is 5.75 Å². The highest BCUT2D eigenvalue weighted by Crippen LogP contribution is 2.24. The summed E-state index contributed by atoms with van der Waals surface area (Å²) >= 11 is 0. The summed E-state index contributed by atoms with van der Waals surface area (Å²) in [5, 5.41) is 5.31. The van der Waals surface area contributed by atoms with Gasteiger partial charge in [-0.3, -0.25) is 9.20 Å². The number of pyridine rings is 1. The monoisotopic (exact) mass is 446 g/mol. The normalized spacial score (nSPS) is 10.8. The second-order valence-corrected chi connectivity index (χ2v) is 7.83. The second-order valence-electron chi connectivity index (χ2n) is 7.83. The Labute approximate surface area is 189 Å². The molecule has 4 aromatic rings. The second kappa shape index (κ2) is 9.12. The fourth-order valence-electron chi connectivity index (χ4n) is 3.28. The first-order chi connectivity index (χ1) is 15.8. The van der Waals surface area contributed by atoms with Gasteiger partial charge in [0.25, 0.3) is 5.56 Å². The van der Waals surface area contributed by atoms with Gasteiger partial charge in [-0.25, -0.2) is 14.2 Å². The lowest BCUT2D eigenvalue weighted by Gasteiger charge is -2.13. The summed E-state index contributed by atoms with van der Waals surface area (Å²) in [4.78, 5) is 29.2. The van der Waals surface area contributed by atoms with Crippen LogP contribution in [0.1, 0.15) is 22.4 Å². The van der Waals surface area contributed by atoms with Gasteiger partial charge in [-0.2, -0.15) is 0 Å². The minimum atomic E-state index is -0.507. The zero-order valence-electron chi connectivity index (χ0n) is 18.5. The molecule has 33 heavy (non-hydrogen) atoms. The van der Waals surface area contributed by atoms with Crippen LogP contribution in [-0.4, -0.2) is 15.4 Å². The summed E-state index contributed by atoms with van der Waals surface area (Å²) in [6.07, 6.45) is 1.69. The lowest BCUT2D eigenvalue weighted by Crippen LogP contribution is -2.19. The van der Waals surface area contributed by atoms with Gasteiger partial charge in [0.2, 0.25) is 0 Å². The molecular weight excluding hydrogens is 423 g/mol. The SMILES string of the molecule is Cc1ccn2c(=O)cc(COc3cc(NC(=O)Nc4ccc(C)c(F)c4)ccc3C)nc2c1. The van der Waals surface area contributed by atoms with Gasteiger partial charge in [-0.05, 0) is 67.8 Å². The number of carbonyl (C=O) groups excluding carboxylic acids is 1. The van der Waals surface area contributed by atoms with Crippen LogP contribution in [0.3, 0.4) is 0 Å². The third kappa shape index (κ3) is 5.17. The Kier molecular flexibility index (Phi) is 6.08. The molecule has 0 atom stereocenters. The molecule has 0 aliphatic heterocycles. The van der Waals surface area contributed by atoms with Gasteiger partial charge < -0.3 is 15.4 Å². The van der Waals surface area contributed by atoms with Crippen LogP contribution in [-0.2, 0) is 6.61 Å². The number of anilines is 2. The van der Waals surface area contributed by atoms with Crippen LogP contribution in [0.25, 0.3) is 5.65 Å². The zero-order chi connectivity index (χ0) is 23.5. The maximum absolute atomic E-state index is 13.7. The van der Waals surface area contributed by atoms with E-state index in [2.05, 4.69) is 15.6 Å². The topological polar surface area (TPSA) is 84.7 Å². The average molecular weight is 446 g/mol. The maximum atomic E-state index is 13.7. The van der Waals surface area contributed by atoms with E-state index >= 15 is 0 Å². The van der Waals surface area contributed by atoms with Crippen LogP contribution in [0.4, 0.5) is 20.6 Å². The van der Waals surface area contributed by atoms with Gasteiger partial charge in [-0.1, -0.05) is 12.1 Å². The highest BCUT2D eigenvalue weighted by Gasteiger charge is 2.09. The minimum absolute atomic E-state index is 0.0960. The summed E-state index contributed by atoms with van der Waals surface area (Å²) in [5.41, 5.74) is 4.08. The summed E-state index contributed by atoms with van der Waals surface area (Å²) in [7, 11) is 0. The number of nitrogens with one attached hydrogen (secondary N) is 2. The van der Waals surface area contributed by atoms with Crippen LogP contribution in [0.15, 0.2) is 65.6 Å². The summed E-state index contributed by atoms with van der Waals surface area (Å²) in [5.74, 6) is 0.149. The number of halogens is 1. The number of rotatable bonds is 5. The van der Waals surface area contributed by atoms with E-state index in [0.717, 1.165) is 11.1 Å². The van der Waals surface area contributed by atoms with E-state index in [9.17, 15) is 14.0 Å². The van der Waals surface area contributed by atoms with Gasteiger partial charge in [0.15, 0.2) is 0 Å². The standard InChI is InChI=1S/C25H23FN4O3/c1-15-8-9-30-23(10-15)27-20(13-24(30)31)14-33-22-12-19(7-5-17(22)3)29-25(32)28-18-6-4-16(2)21(26)11-18/h4-13H,14H2,1-3H3,(H2,28,29,32). The molecule has 8 heteroatoms. The molecule has 0 spiro atoms. The number of fused-ring (bicyclic) bond motifs is 1. The van der Waals surface area contributed by atoms with Gasteiger partial charge in [-0.15, -0.1) is 0 Å². The number of aromatic nitrogens is 2. The summed E-state index contributed by atoms with van der Waals surface area (Å²) < 4.78 is 21.1. The van der Waals surface area contributed by atoms with Crippen LogP contribution >= 0.6 is 0 Å². The first-order valence-electron chi connectivity index (χ1n) is 10.3. The largest absolute Gasteiger partial charge is 0.487 e. The predicted octanol–water partition coefficient (Wildman–Crippen LogP) is 4.98. The molecule has 7 nitrogen and oxygen atoms in total. The van der Waals surface area contributed by atoms with E-state index < -0.39 is 11.8 Å². The fourth-order valence-corrected chi connectivity index (χ4v) is 3.28. The van der Waals surface area contributed by atoms with Crippen molar-refractivity contribution in [3.63, 3.8) is 0 Å². The van der Waals surface area contributed by atoms with Crippen LogP contribution < -0.4 is 20.9 Å². The Morgan fingerprint density at radius 3 is 2.39 bits per heavy atom. The predicted molar refractivity (Wildman–Crippen MR) is 125 cm³/mol. The van der Waals surface area contributed by atoms with Crippen LogP contribution in [0.2, 0.25) is 0 Å². The minimum Gasteiger partial charge on any atom is -0.487 e. The number of urea groups is 1. The molecule has 2 aromatic carbocycles. The molecule has 0 saturated carbocycles. The van der Waals surface area contributed by atoms with Crippen molar-refractivity contribution in [2.75, 3.05) is 10.6 Å². The Bertz CT molecular complexity index is 1410. The third-order valence-electron chi connectivity index (χ3n) is 5.13. The molecule has 0 aliphatic carbocycles. The van der Waals surface area contributed by atoms with Gasteiger partial charge >= 0.3 is 6.03 Å². The van der Waals surface area contributed by atoms with E-state index in [4.69, 9.17) is 4.74 Å². The van der Waals surface area contributed by atoms with E-state index in [1.165, 1.54) is 16.5 Å². The molecule has 0 fully saturated rings. The lowest BCUT2D eigenvalue weighted by molar-refractivity contribution is 0.262. The molecule has 2 amide bonds. The molecule has 2 heterocycles. The molecule has 2 aromatic heterocycles. The highest BCUT2D eigenvalue weighted by atomic mass is 19.1. The molecule has 0 bridgehead atoms. The molecule has 4 rings (SSSR count). The van der Waals surface area contributed by atoms with Crippen LogP contribution in [0.5, 0.6) is 5.75 Å². The molecule has 0 saturated heterocycles. The number of hydrogen-bond donors (Lipinski definition) is 2. The number of carbonyl (C=O) groups is 1. The van der Waals surface area contributed by atoms with Crippen molar-refractivity contribution in [3.05, 3.63) is 99.3 Å². The fraction of sp³-hybridized carbons (Fsp3) is 0.160. The van der Waals surface area contributed by atoms with Crippen molar-refractivity contribution in [2.24, 2.45) is 0 Å². The van der Waals surface area contributed by atoms with Crippen molar-refractivity contribution in [1.82, 2.24) is 9.38 Å².